The van der Waals surface area contributed by atoms with Gasteiger partial charge in [0.15, 0.2) is 0 Å². The molecule has 2 unspecified atom stereocenters. The van der Waals surface area contributed by atoms with Crippen LogP contribution < -0.4 is 5.73 Å². The lowest BCUT2D eigenvalue weighted by atomic mass is 10.0. The number of allylic oxidation sites excluding steroid dienone is 6. The van der Waals surface area contributed by atoms with Gasteiger partial charge >= 0.3 is 13.8 Å². The van der Waals surface area contributed by atoms with E-state index < -0.39 is 13.9 Å². The summed E-state index contributed by atoms with van der Waals surface area (Å²) in [5.74, 6) is -0.331. The second-order valence-electron chi connectivity index (χ2n) is 16.0. The molecule has 57 heavy (non-hydrogen) atoms. The van der Waals surface area contributed by atoms with Gasteiger partial charge in [-0.3, -0.25) is 13.8 Å². The Morgan fingerprint density at radius 1 is 0.544 bits per heavy atom. The molecule has 0 aromatic rings. The Morgan fingerprint density at radius 3 is 1.47 bits per heavy atom. The average Bonchev–Trinajstić information content (AvgIpc) is 3.20. The smallest absolute Gasteiger partial charge is 0.457 e. The summed E-state index contributed by atoms with van der Waals surface area (Å²) < 4.78 is 33.5. The van der Waals surface area contributed by atoms with Crippen molar-refractivity contribution in [1.29, 1.82) is 0 Å². The van der Waals surface area contributed by atoms with Gasteiger partial charge in [-0.05, 0) is 44.9 Å². The predicted octanol–water partition coefficient (Wildman–Crippen LogP) is 14.6. The van der Waals surface area contributed by atoms with Crippen LogP contribution in [0.4, 0.5) is 0 Å². The van der Waals surface area contributed by atoms with E-state index in [0.29, 0.717) is 13.0 Å². The van der Waals surface area contributed by atoms with Crippen molar-refractivity contribution in [3.05, 3.63) is 36.5 Å². The van der Waals surface area contributed by atoms with Crippen LogP contribution in [-0.4, -0.2) is 49.9 Å². The summed E-state index contributed by atoms with van der Waals surface area (Å²) in [5, 5.41) is 0. The largest absolute Gasteiger partial charge is 0.472 e. The van der Waals surface area contributed by atoms with Crippen molar-refractivity contribution in [3.63, 3.8) is 0 Å². The first-order valence-corrected chi connectivity index (χ1v) is 25.5. The second-order valence-corrected chi connectivity index (χ2v) is 17.4. The van der Waals surface area contributed by atoms with E-state index in [4.69, 9.17) is 24.3 Å². The molecule has 0 fully saturated rings. The van der Waals surface area contributed by atoms with Gasteiger partial charge in [0.1, 0.15) is 6.10 Å². The van der Waals surface area contributed by atoms with Crippen LogP contribution in [0.3, 0.4) is 0 Å². The topological polar surface area (TPSA) is 117 Å². The van der Waals surface area contributed by atoms with Crippen molar-refractivity contribution < 1.29 is 32.8 Å². The SMILES string of the molecule is CC/C=C\C/C=C\C/C=C\CCCCCCCCOCC(COP(=O)(O)OCCN)OC(=O)CCCCCCCCCCCCCCCCCCCCCCCC. The first kappa shape index (κ1) is 55.7. The maximum Gasteiger partial charge on any atom is 0.472 e. The summed E-state index contributed by atoms with van der Waals surface area (Å²) in [6.07, 6.45) is 53.2. The summed E-state index contributed by atoms with van der Waals surface area (Å²) in [7, 11) is -4.28. The summed E-state index contributed by atoms with van der Waals surface area (Å²) >= 11 is 0. The number of hydrogen-bond acceptors (Lipinski definition) is 7. The van der Waals surface area contributed by atoms with Crippen molar-refractivity contribution in [1.82, 2.24) is 0 Å². The minimum Gasteiger partial charge on any atom is -0.457 e. The van der Waals surface area contributed by atoms with Gasteiger partial charge in [-0.1, -0.05) is 211 Å². The molecule has 0 aliphatic rings. The van der Waals surface area contributed by atoms with E-state index >= 15 is 0 Å². The highest BCUT2D eigenvalue weighted by Crippen LogP contribution is 2.43. The number of carbonyl (C=O) groups excluding carboxylic acids is 1. The molecular formula is C48H92NO7P. The molecule has 0 heterocycles. The molecule has 0 amide bonds. The van der Waals surface area contributed by atoms with Crippen LogP contribution in [-0.2, 0) is 27.9 Å². The van der Waals surface area contributed by atoms with Gasteiger partial charge in [-0.25, -0.2) is 4.57 Å². The summed E-state index contributed by atoms with van der Waals surface area (Å²) in [6.45, 7) is 4.82. The predicted molar refractivity (Wildman–Crippen MR) is 243 cm³/mol. The molecule has 0 saturated heterocycles. The molecular weight excluding hydrogens is 734 g/mol. The highest BCUT2D eigenvalue weighted by atomic mass is 31.2. The van der Waals surface area contributed by atoms with Crippen molar-refractivity contribution >= 4 is 13.8 Å². The molecule has 0 aromatic carbocycles. The first-order chi connectivity index (χ1) is 27.9. The van der Waals surface area contributed by atoms with Gasteiger partial charge in [0.25, 0.3) is 0 Å². The van der Waals surface area contributed by atoms with Crippen molar-refractivity contribution in [3.8, 4) is 0 Å². The Bertz CT molecular complexity index is 972. The maximum atomic E-state index is 12.6. The fourth-order valence-corrected chi connectivity index (χ4v) is 7.60. The minimum atomic E-state index is -4.28. The number of nitrogens with two attached hydrogens (primary N) is 1. The van der Waals surface area contributed by atoms with Crippen LogP contribution in [0.1, 0.15) is 226 Å². The highest BCUT2D eigenvalue weighted by Gasteiger charge is 2.25. The summed E-state index contributed by atoms with van der Waals surface area (Å²) in [4.78, 5) is 22.5. The first-order valence-electron chi connectivity index (χ1n) is 24.0. The lowest BCUT2D eigenvalue weighted by molar-refractivity contribution is -0.154. The molecule has 8 nitrogen and oxygen atoms in total. The third-order valence-electron chi connectivity index (χ3n) is 10.3. The quantitative estimate of drug-likeness (QED) is 0.0270. The Morgan fingerprint density at radius 2 is 0.982 bits per heavy atom. The molecule has 0 bridgehead atoms. The molecule has 0 spiro atoms. The molecule has 0 rings (SSSR count). The fourth-order valence-electron chi connectivity index (χ4n) is 6.84. The van der Waals surface area contributed by atoms with Gasteiger partial charge in [-0.2, -0.15) is 0 Å². The van der Waals surface area contributed by atoms with Crippen LogP contribution in [0.15, 0.2) is 36.5 Å². The zero-order chi connectivity index (χ0) is 41.6. The lowest BCUT2D eigenvalue weighted by Crippen LogP contribution is -2.28. The molecule has 2 atom stereocenters. The number of phosphoric acid groups is 1. The third kappa shape index (κ3) is 45.7. The van der Waals surface area contributed by atoms with E-state index in [1.54, 1.807) is 0 Å². The Kier molecular flexibility index (Phi) is 44.8. The Labute approximate surface area is 352 Å². The summed E-state index contributed by atoms with van der Waals surface area (Å²) in [5.41, 5.74) is 5.38. The van der Waals surface area contributed by atoms with Crippen LogP contribution in [0.5, 0.6) is 0 Å². The number of carbonyl (C=O) groups is 1. The number of esters is 1. The molecule has 9 heteroatoms. The normalized spacial score (nSPS) is 13.7. The van der Waals surface area contributed by atoms with E-state index in [1.165, 1.54) is 141 Å². The number of rotatable bonds is 46. The van der Waals surface area contributed by atoms with E-state index in [1.807, 2.05) is 0 Å². The van der Waals surface area contributed by atoms with E-state index in [0.717, 1.165) is 64.2 Å². The Balaban J connectivity index is 3.94. The number of unbranched alkanes of at least 4 members (excludes halogenated alkanes) is 27. The maximum absolute atomic E-state index is 12.6. The average molecular weight is 826 g/mol. The number of hydrogen-bond donors (Lipinski definition) is 2. The molecule has 0 saturated carbocycles. The number of ether oxygens (including phenoxy) is 2. The third-order valence-corrected chi connectivity index (χ3v) is 11.3. The molecule has 0 aliphatic carbocycles. The monoisotopic (exact) mass is 826 g/mol. The van der Waals surface area contributed by atoms with Crippen molar-refractivity contribution in [2.45, 2.75) is 232 Å². The van der Waals surface area contributed by atoms with Crippen LogP contribution in [0.2, 0.25) is 0 Å². The highest BCUT2D eigenvalue weighted by molar-refractivity contribution is 7.47. The zero-order valence-corrected chi connectivity index (χ0v) is 38.2. The van der Waals surface area contributed by atoms with Gasteiger partial charge in [-0.15, -0.1) is 0 Å². The minimum absolute atomic E-state index is 0.0973. The molecule has 0 aliphatic heterocycles. The molecule has 0 aromatic heterocycles. The molecule has 3 N–H and O–H groups in total. The second kappa shape index (κ2) is 45.8. The standard InChI is InChI=1S/C48H92NO7P/c1-3-5-7-9-11-13-15-17-19-21-22-23-24-25-26-27-29-31-33-35-37-39-41-48(50)56-47(46-55-57(51,52)54-44-42-49)45-53-43-40-38-36-34-32-30-28-20-18-16-14-12-10-8-6-4-2/h6,8,12,14,18,20,47H,3-5,7,9-11,13,15-17,19,21-46,49H2,1-2H3,(H,51,52)/b8-6-,14-12-,20-18-. The molecule has 336 valence electrons. The van der Waals surface area contributed by atoms with Crippen LogP contribution >= 0.6 is 7.82 Å². The van der Waals surface area contributed by atoms with Crippen LogP contribution in [0.25, 0.3) is 0 Å². The van der Waals surface area contributed by atoms with Gasteiger partial charge in [0, 0.05) is 19.6 Å². The van der Waals surface area contributed by atoms with E-state index in [2.05, 4.69) is 50.3 Å². The lowest BCUT2D eigenvalue weighted by Gasteiger charge is -2.20. The van der Waals surface area contributed by atoms with Crippen LogP contribution in [0, 0.1) is 0 Å². The van der Waals surface area contributed by atoms with E-state index in [9.17, 15) is 14.3 Å². The van der Waals surface area contributed by atoms with Crippen molar-refractivity contribution in [2.75, 3.05) is 33.0 Å². The fraction of sp³-hybridized carbons (Fsp3) is 0.854. The molecule has 0 radical (unpaired) electrons. The number of phosphoric ester groups is 1. The van der Waals surface area contributed by atoms with Gasteiger partial charge in [0.2, 0.25) is 0 Å². The van der Waals surface area contributed by atoms with Crippen molar-refractivity contribution in [2.24, 2.45) is 5.73 Å². The van der Waals surface area contributed by atoms with E-state index in [-0.39, 0.29) is 32.3 Å². The Hall–Kier alpha value is -1.28. The zero-order valence-electron chi connectivity index (χ0n) is 37.3. The van der Waals surface area contributed by atoms with Gasteiger partial charge in [0.05, 0.1) is 19.8 Å². The summed E-state index contributed by atoms with van der Waals surface area (Å²) in [6, 6.07) is 0. The van der Waals surface area contributed by atoms with Gasteiger partial charge < -0.3 is 20.1 Å².